The van der Waals surface area contributed by atoms with Crippen molar-refractivity contribution >= 4 is 28.7 Å². The van der Waals surface area contributed by atoms with Crippen LogP contribution in [0, 0.1) is 10.1 Å². The van der Waals surface area contributed by atoms with E-state index < -0.39 is 10.8 Å². The molecule has 0 bridgehead atoms. The average Bonchev–Trinajstić information content (AvgIpc) is 3.34. The van der Waals surface area contributed by atoms with Gasteiger partial charge in [-0.2, -0.15) is 0 Å². The number of nitro groups is 1. The van der Waals surface area contributed by atoms with Crippen molar-refractivity contribution in [3.63, 3.8) is 0 Å². The van der Waals surface area contributed by atoms with Crippen molar-refractivity contribution in [1.82, 2.24) is 0 Å². The lowest BCUT2D eigenvalue weighted by Gasteiger charge is -2.30. The molecular weight excluding hydrogens is 400 g/mol. The fourth-order valence-corrected chi connectivity index (χ4v) is 4.05. The Bertz CT molecular complexity index is 968. The highest BCUT2D eigenvalue weighted by Gasteiger charge is 2.24. The van der Waals surface area contributed by atoms with Crippen molar-refractivity contribution in [2.75, 3.05) is 61.6 Å². The van der Waals surface area contributed by atoms with Gasteiger partial charge in [0.05, 0.1) is 36.6 Å². The second-order valence-electron chi connectivity index (χ2n) is 7.59. The molecule has 0 unspecified atom stereocenters. The maximum atomic E-state index is 13.0. The van der Waals surface area contributed by atoms with Crippen LogP contribution in [-0.4, -0.2) is 57.3 Å². The molecule has 2 aromatic carbocycles. The van der Waals surface area contributed by atoms with Crippen molar-refractivity contribution in [3.8, 4) is 5.75 Å². The van der Waals surface area contributed by atoms with Crippen LogP contribution in [0.25, 0.3) is 0 Å². The van der Waals surface area contributed by atoms with E-state index in [4.69, 9.17) is 9.47 Å². The van der Waals surface area contributed by atoms with E-state index in [9.17, 15) is 14.9 Å². The molecule has 164 valence electrons. The Morgan fingerprint density at radius 1 is 1.03 bits per heavy atom. The molecule has 1 N–H and O–H groups in total. The Kier molecular flexibility index (Phi) is 6.22. The fourth-order valence-electron chi connectivity index (χ4n) is 4.05. The van der Waals surface area contributed by atoms with E-state index in [2.05, 4.69) is 10.2 Å². The molecule has 0 spiro atoms. The molecule has 0 radical (unpaired) electrons. The highest BCUT2D eigenvalue weighted by molar-refractivity contribution is 6.07. The monoisotopic (exact) mass is 426 g/mol. The van der Waals surface area contributed by atoms with Gasteiger partial charge in [0.1, 0.15) is 11.4 Å². The molecular formula is C22H26N4O5. The molecule has 4 rings (SSSR count). The number of benzene rings is 2. The summed E-state index contributed by atoms with van der Waals surface area (Å²) in [6.45, 7) is 4.24. The number of rotatable bonds is 6. The van der Waals surface area contributed by atoms with E-state index >= 15 is 0 Å². The number of hydrogen-bond acceptors (Lipinski definition) is 7. The van der Waals surface area contributed by atoms with Crippen LogP contribution in [0.4, 0.5) is 22.7 Å². The number of hydrogen-bond donors (Lipinski definition) is 1. The normalized spacial score (nSPS) is 16.3. The average molecular weight is 426 g/mol. The van der Waals surface area contributed by atoms with Crippen LogP contribution >= 0.6 is 0 Å². The summed E-state index contributed by atoms with van der Waals surface area (Å²) in [5, 5.41) is 14.6. The molecule has 2 saturated heterocycles. The minimum Gasteiger partial charge on any atom is -0.497 e. The Hall–Kier alpha value is -3.33. The molecule has 31 heavy (non-hydrogen) atoms. The van der Waals surface area contributed by atoms with Gasteiger partial charge in [-0.25, -0.2) is 0 Å². The SMILES string of the molecule is COc1ccc(N2CCOCC2)c(NC(=O)c2ccc(N3CCCC3)c([N+](=O)[O-])c2)c1. The van der Waals surface area contributed by atoms with Gasteiger partial charge < -0.3 is 24.6 Å². The van der Waals surface area contributed by atoms with Crippen LogP contribution in [0.15, 0.2) is 36.4 Å². The van der Waals surface area contributed by atoms with E-state index in [0.29, 0.717) is 43.4 Å². The predicted molar refractivity (Wildman–Crippen MR) is 119 cm³/mol. The van der Waals surface area contributed by atoms with E-state index in [1.807, 2.05) is 17.0 Å². The quantitative estimate of drug-likeness (QED) is 0.559. The first-order chi connectivity index (χ1) is 15.1. The zero-order chi connectivity index (χ0) is 21.8. The largest absolute Gasteiger partial charge is 0.497 e. The number of methoxy groups -OCH3 is 1. The number of carbonyl (C=O) groups is 1. The van der Waals surface area contributed by atoms with Crippen molar-refractivity contribution in [2.24, 2.45) is 0 Å². The standard InChI is InChI=1S/C22H26N4O5/c1-30-17-5-7-19(25-10-12-31-13-11-25)18(15-17)23-22(27)16-4-6-20(21(14-16)26(28)29)24-8-2-3-9-24/h4-7,14-15H,2-3,8-13H2,1H3,(H,23,27). The van der Waals surface area contributed by atoms with Gasteiger partial charge in [-0.3, -0.25) is 14.9 Å². The highest BCUT2D eigenvalue weighted by Crippen LogP contribution is 2.34. The second-order valence-corrected chi connectivity index (χ2v) is 7.59. The first-order valence-corrected chi connectivity index (χ1v) is 10.4. The lowest BCUT2D eigenvalue weighted by Crippen LogP contribution is -2.36. The van der Waals surface area contributed by atoms with Gasteiger partial charge >= 0.3 is 0 Å². The molecule has 2 aliphatic rings. The van der Waals surface area contributed by atoms with Gasteiger partial charge in [0.25, 0.3) is 11.6 Å². The molecule has 2 aromatic rings. The molecule has 1 amide bonds. The highest BCUT2D eigenvalue weighted by atomic mass is 16.6. The predicted octanol–water partition coefficient (Wildman–Crippen LogP) is 3.29. The summed E-state index contributed by atoms with van der Waals surface area (Å²) in [6, 6.07) is 10.2. The fraction of sp³-hybridized carbons (Fsp3) is 0.409. The first kappa shape index (κ1) is 20.9. The van der Waals surface area contributed by atoms with Gasteiger partial charge in [-0.05, 0) is 37.1 Å². The van der Waals surface area contributed by atoms with Crippen LogP contribution < -0.4 is 19.9 Å². The third kappa shape index (κ3) is 4.56. The third-order valence-electron chi connectivity index (χ3n) is 5.68. The van der Waals surface area contributed by atoms with E-state index in [1.54, 1.807) is 25.3 Å². The van der Waals surface area contributed by atoms with E-state index in [-0.39, 0.29) is 11.3 Å². The Morgan fingerprint density at radius 3 is 2.39 bits per heavy atom. The van der Waals surface area contributed by atoms with Crippen LogP contribution in [0.2, 0.25) is 0 Å². The number of nitrogens with zero attached hydrogens (tertiary/aromatic N) is 3. The summed E-state index contributed by atoms with van der Waals surface area (Å²) in [4.78, 5) is 28.4. The number of carbonyl (C=O) groups excluding carboxylic acids is 1. The lowest BCUT2D eigenvalue weighted by molar-refractivity contribution is -0.384. The number of amides is 1. The van der Waals surface area contributed by atoms with Crippen molar-refractivity contribution in [2.45, 2.75) is 12.8 Å². The van der Waals surface area contributed by atoms with Crippen LogP contribution in [0.5, 0.6) is 5.75 Å². The van der Waals surface area contributed by atoms with Gasteiger partial charge in [-0.15, -0.1) is 0 Å². The second kappa shape index (κ2) is 9.22. The molecule has 2 heterocycles. The molecule has 2 fully saturated rings. The van der Waals surface area contributed by atoms with Gasteiger partial charge in [0.15, 0.2) is 0 Å². The van der Waals surface area contributed by atoms with E-state index in [0.717, 1.165) is 31.6 Å². The molecule has 0 aromatic heterocycles. The molecule has 9 nitrogen and oxygen atoms in total. The van der Waals surface area contributed by atoms with E-state index in [1.165, 1.54) is 6.07 Å². The minimum absolute atomic E-state index is 0.0476. The molecule has 0 atom stereocenters. The molecule has 9 heteroatoms. The Balaban J connectivity index is 1.61. The number of nitrogens with one attached hydrogen (secondary N) is 1. The zero-order valence-corrected chi connectivity index (χ0v) is 17.5. The number of anilines is 3. The first-order valence-electron chi connectivity index (χ1n) is 10.4. The zero-order valence-electron chi connectivity index (χ0n) is 17.5. The van der Waals surface area contributed by atoms with Crippen molar-refractivity contribution in [3.05, 3.63) is 52.1 Å². The summed E-state index contributed by atoms with van der Waals surface area (Å²) in [7, 11) is 1.57. The number of ether oxygens (including phenoxy) is 2. The van der Waals surface area contributed by atoms with Crippen LogP contribution in [0.1, 0.15) is 23.2 Å². The summed E-state index contributed by atoms with van der Waals surface area (Å²) >= 11 is 0. The van der Waals surface area contributed by atoms with Gasteiger partial charge in [0, 0.05) is 43.9 Å². The smallest absolute Gasteiger partial charge is 0.293 e. The topological polar surface area (TPSA) is 97.2 Å². The Labute approximate surface area is 180 Å². The number of nitro benzene ring substituents is 1. The molecule has 0 aliphatic carbocycles. The third-order valence-corrected chi connectivity index (χ3v) is 5.68. The summed E-state index contributed by atoms with van der Waals surface area (Å²) in [6.07, 6.45) is 2.03. The van der Waals surface area contributed by atoms with Crippen LogP contribution in [-0.2, 0) is 4.74 Å². The lowest BCUT2D eigenvalue weighted by atomic mass is 10.1. The summed E-state index contributed by atoms with van der Waals surface area (Å²) in [5.74, 6) is 0.210. The van der Waals surface area contributed by atoms with Gasteiger partial charge in [-0.1, -0.05) is 0 Å². The van der Waals surface area contributed by atoms with Gasteiger partial charge in [0.2, 0.25) is 0 Å². The maximum Gasteiger partial charge on any atom is 0.293 e. The minimum atomic E-state index is -0.421. The van der Waals surface area contributed by atoms with Crippen LogP contribution in [0.3, 0.4) is 0 Å². The van der Waals surface area contributed by atoms with Crippen molar-refractivity contribution < 1.29 is 19.2 Å². The summed E-state index contributed by atoms with van der Waals surface area (Å²) in [5.41, 5.74) is 2.21. The summed E-state index contributed by atoms with van der Waals surface area (Å²) < 4.78 is 10.7. The molecule has 2 aliphatic heterocycles. The Morgan fingerprint density at radius 2 is 1.71 bits per heavy atom. The molecule has 0 saturated carbocycles. The van der Waals surface area contributed by atoms with Crippen molar-refractivity contribution in [1.29, 1.82) is 0 Å². The maximum absolute atomic E-state index is 13.0. The number of morpholine rings is 1.